The summed E-state index contributed by atoms with van der Waals surface area (Å²) in [5.41, 5.74) is -2.57. The van der Waals surface area contributed by atoms with Crippen LogP contribution in [0.5, 0.6) is 0 Å². The molecular weight excluding hydrogens is 355 g/mol. The fourth-order valence-corrected chi connectivity index (χ4v) is 2.04. The molecule has 1 aromatic carbocycles. The third-order valence-electron chi connectivity index (χ3n) is 3.70. The Labute approximate surface area is 146 Å². The maximum absolute atomic E-state index is 13.3. The summed E-state index contributed by atoms with van der Waals surface area (Å²) in [6.07, 6.45) is -5.10. The van der Waals surface area contributed by atoms with Crippen LogP contribution in [0.15, 0.2) is 36.7 Å². The van der Waals surface area contributed by atoms with Gasteiger partial charge in [0.25, 0.3) is 0 Å². The Morgan fingerprint density at radius 2 is 1.85 bits per heavy atom. The van der Waals surface area contributed by atoms with Crippen LogP contribution in [0.4, 0.5) is 23.8 Å². The van der Waals surface area contributed by atoms with E-state index in [0.29, 0.717) is 16.5 Å². The average Bonchev–Trinajstić information content (AvgIpc) is 2.97. The van der Waals surface area contributed by atoms with Crippen molar-refractivity contribution in [3.63, 3.8) is 0 Å². The van der Waals surface area contributed by atoms with E-state index in [1.807, 2.05) is 5.32 Å². The van der Waals surface area contributed by atoms with Crippen LogP contribution >= 0.6 is 0 Å². The van der Waals surface area contributed by atoms with Crippen LogP contribution in [-0.2, 0) is 16.9 Å². The molecule has 1 amide bonds. The van der Waals surface area contributed by atoms with Crippen molar-refractivity contribution in [2.45, 2.75) is 32.2 Å². The zero-order valence-corrected chi connectivity index (χ0v) is 13.9. The highest BCUT2D eigenvalue weighted by molar-refractivity contribution is 5.96. The van der Waals surface area contributed by atoms with Gasteiger partial charge in [0.2, 0.25) is 0 Å². The minimum Gasteiger partial charge on any atom is -0.476 e. The smallest absolute Gasteiger partial charge is 0.413 e. The lowest BCUT2D eigenvalue weighted by Gasteiger charge is -2.30. The van der Waals surface area contributed by atoms with Gasteiger partial charge in [0.1, 0.15) is 12.1 Å². The van der Waals surface area contributed by atoms with Crippen LogP contribution in [0.25, 0.3) is 0 Å². The fourth-order valence-electron chi connectivity index (χ4n) is 2.04. The molecule has 2 rings (SSSR count). The molecule has 0 aliphatic heterocycles. The van der Waals surface area contributed by atoms with Crippen molar-refractivity contribution in [2.75, 3.05) is 5.32 Å². The van der Waals surface area contributed by atoms with Crippen molar-refractivity contribution in [2.24, 2.45) is 0 Å². The number of nitrogens with one attached hydrogen (secondary N) is 1. The summed E-state index contributed by atoms with van der Waals surface area (Å²) < 4.78 is 45.3. The first-order chi connectivity index (χ1) is 12.0. The maximum Gasteiger partial charge on any atom is 0.413 e. The van der Waals surface area contributed by atoms with E-state index in [4.69, 9.17) is 9.84 Å². The molecule has 7 nitrogen and oxygen atoms in total. The molecule has 0 fully saturated rings. The third-order valence-corrected chi connectivity index (χ3v) is 3.70. The van der Waals surface area contributed by atoms with E-state index in [-0.39, 0.29) is 6.61 Å². The number of alkyl halides is 3. The topological polar surface area (TPSA) is 93.5 Å². The molecule has 0 atom stereocenters. The van der Waals surface area contributed by atoms with Gasteiger partial charge in [-0.05, 0) is 19.4 Å². The van der Waals surface area contributed by atoms with Gasteiger partial charge in [0, 0.05) is 0 Å². The number of hydrogen-bond donors (Lipinski definition) is 2. The number of rotatable bonds is 5. The summed E-state index contributed by atoms with van der Waals surface area (Å²) in [6.45, 7) is 1.54. The van der Waals surface area contributed by atoms with Crippen molar-refractivity contribution in [3.05, 3.63) is 47.9 Å². The second-order valence-electron chi connectivity index (χ2n) is 5.86. The molecule has 0 spiro atoms. The first kappa shape index (κ1) is 19.3. The Balaban J connectivity index is 2.25. The van der Waals surface area contributed by atoms with Gasteiger partial charge in [-0.2, -0.15) is 13.2 Å². The number of aromatic nitrogens is 2. The minimum absolute atomic E-state index is 0.133. The van der Waals surface area contributed by atoms with Gasteiger partial charge in [-0.1, -0.05) is 30.3 Å². The zero-order valence-electron chi connectivity index (χ0n) is 13.9. The highest BCUT2D eigenvalue weighted by Gasteiger charge is 2.50. The number of carbonyl (C=O) groups excluding carboxylic acids is 1. The Bertz CT molecular complexity index is 801. The number of carboxylic acids is 1. The number of halogens is 3. The Hall–Kier alpha value is -3.04. The Kier molecular flexibility index (Phi) is 5.24. The van der Waals surface area contributed by atoms with Crippen molar-refractivity contribution in [1.29, 1.82) is 0 Å². The number of ether oxygens (including phenoxy) is 1. The molecule has 26 heavy (non-hydrogen) atoms. The molecule has 140 valence electrons. The predicted molar refractivity (Wildman–Crippen MR) is 84.8 cm³/mol. The van der Waals surface area contributed by atoms with Gasteiger partial charge < -0.3 is 14.4 Å². The van der Waals surface area contributed by atoms with E-state index in [1.165, 1.54) is 0 Å². The van der Waals surface area contributed by atoms with Crippen LogP contribution in [0.3, 0.4) is 0 Å². The van der Waals surface area contributed by atoms with Crippen molar-refractivity contribution in [1.82, 2.24) is 9.55 Å². The van der Waals surface area contributed by atoms with Gasteiger partial charge in [-0.25, -0.2) is 14.6 Å². The second-order valence-corrected chi connectivity index (χ2v) is 5.86. The quantitative estimate of drug-likeness (QED) is 0.837. The summed E-state index contributed by atoms with van der Waals surface area (Å²) in [5, 5.41) is 11.2. The number of carboxylic acid groups (broad SMARTS) is 1. The fraction of sp³-hybridized carbons (Fsp3) is 0.312. The number of aromatic carboxylic acids is 1. The molecule has 0 radical (unpaired) electrons. The van der Waals surface area contributed by atoms with Crippen molar-refractivity contribution in [3.8, 4) is 0 Å². The van der Waals surface area contributed by atoms with Crippen LogP contribution in [0, 0.1) is 0 Å². The molecule has 0 unspecified atom stereocenters. The van der Waals surface area contributed by atoms with Crippen molar-refractivity contribution < 1.29 is 32.6 Å². The number of benzene rings is 1. The van der Waals surface area contributed by atoms with E-state index in [1.54, 1.807) is 30.3 Å². The zero-order chi connectivity index (χ0) is 19.5. The molecule has 10 heteroatoms. The van der Waals surface area contributed by atoms with E-state index < -0.39 is 35.3 Å². The molecule has 0 saturated heterocycles. The number of imidazole rings is 1. The van der Waals surface area contributed by atoms with E-state index >= 15 is 0 Å². The molecule has 2 aromatic rings. The standard InChI is InChI=1S/C16H16F3N3O4/c1-15(2,16(17,18)19)22-9-20-11(13(23)24)12(22)21-14(25)26-8-10-6-4-3-5-7-10/h3-7,9H,8H2,1-2H3,(H,21,25)(H,23,24). The van der Waals surface area contributed by atoms with Gasteiger partial charge in [0.15, 0.2) is 11.5 Å². The third kappa shape index (κ3) is 3.95. The first-order valence-corrected chi connectivity index (χ1v) is 7.39. The minimum atomic E-state index is -4.71. The van der Waals surface area contributed by atoms with Gasteiger partial charge in [-0.15, -0.1) is 0 Å². The number of amides is 1. The number of nitrogens with zero attached hydrogens (tertiary/aromatic N) is 2. The summed E-state index contributed by atoms with van der Waals surface area (Å²) in [5.74, 6) is -2.20. The Morgan fingerprint density at radius 1 is 1.23 bits per heavy atom. The normalized spacial score (nSPS) is 11.9. The molecule has 1 heterocycles. The van der Waals surface area contributed by atoms with E-state index in [2.05, 4.69) is 4.98 Å². The lowest BCUT2D eigenvalue weighted by atomic mass is 10.1. The monoisotopic (exact) mass is 371 g/mol. The maximum atomic E-state index is 13.3. The van der Waals surface area contributed by atoms with Crippen molar-refractivity contribution >= 4 is 17.9 Å². The van der Waals surface area contributed by atoms with Crippen LogP contribution in [0.2, 0.25) is 0 Å². The van der Waals surface area contributed by atoms with Crippen LogP contribution in [-0.4, -0.2) is 32.9 Å². The molecule has 2 N–H and O–H groups in total. The molecule has 0 aliphatic carbocycles. The molecular formula is C16H16F3N3O4. The lowest BCUT2D eigenvalue weighted by Crippen LogP contribution is -2.42. The molecule has 0 saturated carbocycles. The number of carbonyl (C=O) groups is 2. The number of anilines is 1. The van der Waals surface area contributed by atoms with E-state index in [9.17, 15) is 22.8 Å². The highest BCUT2D eigenvalue weighted by Crippen LogP contribution is 2.38. The summed E-state index contributed by atoms with van der Waals surface area (Å²) in [4.78, 5) is 26.6. The molecule has 0 aliphatic rings. The lowest BCUT2D eigenvalue weighted by molar-refractivity contribution is -0.202. The van der Waals surface area contributed by atoms with Crippen LogP contribution in [0.1, 0.15) is 29.9 Å². The molecule has 1 aromatic heterocycles. The summed E-state index contributed by atoms with van der Waals surface area (Å²) in [6, 6.07) is 8.58. The summed E-state index contributed by atoms with van der Waals surface area (Å²) in [7, 11) is 0. The Morgan fingerprint density at radius 3 is 2.38 bits per heavy atom. The summed E-state index contributed by atoms with van der Waals surface area (Å²) >= 11 is 0. The first-order valence-electron chi connectivity index (χ1n) is 7.39. The average molecular weight is 371 g/mol. The highest BCUT2D eigenvalue weighted by atomic mass is 19.4. The van der Waals surface area contributed by atoms with Gasteiger partial charge >= 0.3 is 18.2 Å². The second kappa shape index (κ2) is 7.06. The van der Waals surface area contributed by atoms with Gasteiger partial charge in [-0.3, -0.25) is 5.32 Å². The predicted octanol–water partition coefficient (Wildman–Crippen LogP) is 3.63. The van der Waals surface area contributed by atoms with E-state index in [0.717, 1.165) is 13.8 Å². The number of hydrogen-bond acceptors (Lipinski definition) is 4. The largest absolute Gasteiger partial charge is 0.476 e. The molecule has 0 bridgehead atoms. The van der Waals surface area contributed by atoms with Crippen LogP contribution < -0.4 is 5.32 Å². The van der Waals surface area contributed by atoms with Gasteiger partial charge in [0.05, 0.1) is 6.33 Å². The SMILES string of the molecule is CC(C)(n1cnc(C(=O)O)c1NC(=O)OCc1ccccc1)C(F)(F)F.